The lowest BCUT2D eigenvalue weighted by atomic mass is 9.94. The lowest BCUT2D eigenvalue weighted by molar-refractivity contribution is 0.0701. The maximum Gasteiger partial charge on any atom is 0.278 e. The monoisotopic (exact) mass is 432 g/mol. The van der Waals surface area contributed by atoms with Crippen molar-refractivity contribution in [3.8, 4) is 5.75 Å². The molecule has 3 aromatic rings. The first-order valence-corrected chi connectivity index (χ1v) is 10.4. The third kappa shape index (κ3) is 3.33. The Hall–Kier alpha value is -3.94. The lowest BCUT2D eigenvalue weighted by Gasteiger charge is -2.43. The normalized spacial score (nSPS) is 19.0. The van der Waals surface area contributed by atoms with Gasteiger partial charge in [0.1, 0.15) is 18.5 Å². The second-order valence-electron chi connectivity index (χ2n) is 7.84. The van der Waals surface area contributed by atoms with Gasteiger partial charge in [-0.3, -0.25) is 24.3 Å². The maximum absolute atomic E-state index is 14.2. The Balaban J connectivity index is 1.80. The minimum atomic E-state index is -0.622. The molecule has 0 saturated heterocycles. The zero-order valence-corrected chi connectivity index (χ0v) is 17.2. The summed E-state index contributed by atoms with van der Waals surface area (Å²) in [5.74, 6) is -1.34. The molecule has 1 amide bonds. The second kappa shape index (κ2) is 7.96. The number of carbonyl (C=O) groups excluding carboxylic acids is 1. The van der Waals surface area contributed by atoms with E-state index in [0.29, 0.717) is 25.1 Å². The number of aryl methyl sites for hydroxylation is 1. The molecule has 2 bridgehead atoms. The van der Waals surface area contributed by atoms with E-state index in [4.69, 9.17) is 0 Å². The van der Waals surface area contributed by atoms with E-state index in [1.54, 1.807) is 17.2 Å². The SMILES string of the molecule is O=C1c2c(O)c(=O)ccn2N2CN1C/C=C/CCc1cc(F)ccc1[C@H]2c1ccccn1. The zero-order chi connectivity index (χ0) is 22.2. The zero-order valence-electron chi connectivity index (χ0n) is 17.2. The molecule has 1 atom stereocenters. The largest absolute Gasteiger partial charge is 0.502 e. The van der Waals surface area contributed by atoms with Crippen LogP contribution < -0.4 is 10.4 Å². The van der Waals surface area contributed by atoms with Gasteiger partial charge < -0.3 is 10.0 Å². The molecule has 5 rings (SSSR count). The Morgan fingerprint density at radius 2 is 1.97 bits per heavy atom. The molecular formula is C24H21FN4O3. The number of fused-ring (bicyclic) bond motifs is 5. The summed E-state index contributed by atoms with van der Waals surface area (Å²) < 4.78 is 15.7. The van der Waals surface area contributed by atoms with Crippen molar-refractivity contribution in [2.24, 2.45) is 0 Å². The summed E-state index contributed by atoms with van der Waals surface area (Å²) in [4.78, 5) is 31.4. The molecule has 2 aromatic heterocycles. The molecule has 2 aliphatic heterocycles. The topological polar surface area (TPSA) is 78.7 Å². The number of benzene rings is 1. The maximum atomic E-state index is 14.2. The number of rotatable bonds is 1. The van der Waals surface area contributed by atoms with Crippen LogP contribution in [0.4, 0.5) is 4.39 Å². The Morgan fingerprint density at radius 3 is 2.78 bits per heavy atom. The van der Waals surface area contributed by atoms with E-state index < -0.39 is 23.1 Å². The number of aromatic hydroxyl groups is 1. The van der Waals surface area contributed by atoms with E-state index >= 15 is 0 Å². The van der Waals surface area contributed by atoms with Crippen molar-refractivity contribution in [2.75, 3.05) is 18.2 Å². The molecule has 7 nitrogen and oxygen atoms in total. The summed E-state index contributed by atoms with van der Waals surface area (Å²) in [7, 11) is 0. The van der Waals surface area contributed by atoms with Crippen LogP contribution in [0.25, 0.3) is 0 Å². The second-order valence-corrected chi connectivity index (χ2v) is 7.84. The highest BCUT2D eigenvalue weighted by Gasteiger charge is 2.37. The molecule has 0 aliphatic carbocycles. The lowest BCUT2D eigenvalue weighted by Crippen LogP contribution is -2.55. The van der Waals surface area contributed by atoms with Gasteiger partial charge in [-0.25, -0.2) is 4.39 Å². The van der Waals surface area contributed by atoms with Gasteiger partial charge >= 0.3 is 0 Å². The first kappa shape index (κ1) is 20.0. The average Bonchev–Trinajstić information content (AvgIpc) is 2.82. The van der Waals surface area contributed by atoms with Crippen molar-refractivity contribution in [2.45, 2.75) is 18.9 Å². The summed E-state index contributed by atoms with van der Waals surface area (Å²) in [6.07, 6.45) is 8.31. The molecule has 8 heteroatoms. The third-order valence-electron chi connectivity index (χ3n) is 5.87. The Kier molecular flexibility index (Phi) is 4.97. The highest BCUT2D eigenvalue weighted by molar-refractivity contribution is 5.96. The van der Waals surface area contributed by atoms with Crippen LogP contribution >= 0.6 is 0 Å². The highest BCUT2D eigenvalue weighted by Crippen LogP contribution is 2.34. The van der Waals surface area contributed by atoms with Crippen molar-refractivity contribution in [1.29, 1.82) is 0 Å². The van der Waals surface area contributed by atoms with Gasteiger partial charge in [0.2, 0.25) is 5.43 Å². The molecule has 0 spiro atoms. The Labute approximate surface area is 183 Å². The first-order valence-electron chi connectivity index (χ1n) is 10.4. The molecule has 0 unspecified atom stereocenters. The highest BCUT2D eigenvalue weighted by atomic mass is 19.1. The van der Waals surface area contributed by atoms with Crippen LogP contribution in [0.2, 0.25) is 0 Å². The van der Waals surface area contributed by atoms with Gasteiger partial charge in [-0.1, -0.05) is 24.3 Å². The fourth-order valence-electron chi connectivity index (χ4n) is 4.36. The average molecular weight is 432 g/mol. The van der Waals surface area contributed by atoms with Gasteiger partial charge in [-0.2, -0.15) is 0 Å². The molecule has 1 N–H and O–H groups in total. The van der Waals surface area contributed by atoms with Crippen LogP contribution in [0.3, 0.4) is 0 Å². The van der Waals surface area contributed by atoms with Crippen LogP contribution in [0.15, 0.2) is 71.8 Å². The van der Waals surface area contributed by atoms with Crippen LogP contribution in [-0.2, 0) is 6.42 Å². The van der Waals surface area contributed by atoms with E-state index in [2.05, 4.69) is 4.98 Å². The number of halogens is 1. The molecule has 0 fully saturated rings. The minimum Gasteiger partial charge on any atom is -0.502 e. The number of allylic oxidation sites excluding steroid dienone is 1. The van der Waals surface area contributed by atoms with E-state index in [1.165, 1.54) is 29.1 Å². The van der Waals surface area contributed by atoms with Gasteiger partial charge in [0.05, 0.1) is 5.69 Å². The number of aromatic nitrogens is 2. The predicted molar refractivity (Wildman–Crippen MR) is 116 cm³/mol. The van der Waals surface area contributed by atoms with Gasteiger partial charge in [-0.15, -0.1) is 0 Å². The molecular weight excluding hydrogens is 411 g/mol. The van der Waals surface area contributed by atoms with Gasteiger partial charge in [0.25, 0.3) is 5.91 Å². The van der Waals surface area contributed by atoms with Gasteiger partial charge in [0.15, 0.2) is 11.4 Å². The third-order valence-corrected chi connectivity index (χ3v) is 5.87. The smallest absolute Gasteiger partial charge is 0.278 e. The number of pyridine rings is 2. The standard InChI is InChI=1S/C24H21FN4O3/c25-17-8-9-18-16(14-17)6-2-1-5-12-27-15-29(21(18)19-7-3-4-11-26-19)28-13-10-20(30)23(31)22(28)24(27)32/h1,3-5,7-11,13-14,21,31H,2,6,12,15H2/b5-1+/t21-/m0/s1. The summed E-state index contributed by atoms with van der Waals surface area (Å²) in [5, 5.41) is 12.4. The fraction of sp³-hybridized carbons (Fsp3) is 0.208. The van der Waals surface area contributed by atoms with Crippen molar-refractivity contribution >= 4 is 5.91 Å². The van der Waals surface area contributed by atoms with Crippen molar-refractivity contribution in [3.05, 3.63) is 106 Å². The van der Waals surface area contributed by atoms with Crippen molar-refractivity contribution in [3.63, 3.8) is 0 Å². The van der Waals surface area contributed by atoms with Crippen LogP contribution in [0.5, 0.6) is 5.75 Å². The summed E-state index contributed by atoms with van der Waals surface area (Å²) in [6.45, 7) is 0.508. The van der Waals surface area contributed by atoms with E-state index in [9.17, 15) is 19.1 Å². The Morgan fingerprint density at radius 1 is 1.09 bits per heavy atom. The Bertz CT molecular complexity index is 1270. The molecule has 0 radical (unpaired) electrons. The quantitative estimate of drug-likeness (QED) is 0.599. The number of amides is 1. The van der Waals surface area contributed by atoms with Crippen molar-refractivity contribution < 1.29 is 14.3 Å². The minimum absolute atomic E-state index is 0.0963. The number of hydrogen-bond acceptors (Lipinski definition) is 5. The van der Waals surface area contributed by atoms with Crippen LogP contribution in [-0.4, -0.2) is 38.8 Å². The van der Waals surface area contributed by atoms with Gasteiger partial charge in [-0.05, 0) is 48.2 Å². The van der Waals surface area contributed by atoms with E-state index in [-0.39, 0.29) is 18.2 Å². The molecule has 32 heavy (non-hydrogen) atoms. The van der Waals surface area contributed by atoms with Crippen LogP contribution in [0, 0.1) is 5.82 Å². The molecule has 2 aliphatic rings. The number of carbonyl (C=O) groups is 1. The first-order chi connectivity index (χ1) is 15.5. The fourth-order valence-corrected chi connectivity index (χ4v) is 4.36. The summed E-state index contributed by atoms with van der Waals surface area (Å²) in [5.41, 5.74) is 1.66. The number of nitrogens with zero attached hydrogens (tertiary/aromatic N) is 4. The molecule has 4 heterocycles. The molecule has 0 saturated carbocycles. The van der Waals surface area contributed by atoms with Crippen LogP contribution in [0.1, 0.15) is 39.8 Å². The number of hydrogen-bond donors (Lipinski definition) is 1. The summed E-state index contributed by atoms with van der Waals surface area (Å²) in [6, 6.07) is 11.0. The summed E-state index contributed by atoms with van der Waals surface area (Å²) >= 11 is 0. The molecule has 1 aromatic carbocycles. The van der Waals surface area contributed by atoms with E-state index in [1.807, 2.05) is 35.4 Å². The van der Waals surface area contributed by atoms with Crippen molar-refractivity contribution in [1.82, 2.24) is 14.6 Å². The molecule has 162 valence electrons. The van der Waals surface area contributed by atoms with Gasteiger partial charge in [0, 0.05) is 25.0 Å². The van der Waals surface area contributed by atoms with E-state index in [0.717, 1.165) is 11.1 Å². The predicted octanol–water partition coefficient (Wildman–Crippen LogP) is 2.73.